The lowest BCUT2D eigenvalue weighted by Gasteiger charge is -2.28. The van der Waals surface area contributed by atoms with Crippen LogP contribution in [0.1, 0.15) is 26.2 Å². The molecule has 1 atom stereocenters. The minimum atomic E-state index is -3.04. The Morgan fingerprint density at radius 1 is 1.33 bits per heavy atom. The predicted molar refractivity (Wildman–Crippen MR) is 95.6 cm³/mol. The number of unbranched alkanes of at least 4 members (excludes halogenated alkanes) is 1. The van der Waals surface area contributed by atoms with E-state index in [-0.39, 0.29) is 30.1 Å². The molecular formula is C16H21Cl2NO4S. The topological polar surface area (TPSA) is 63.7 Å². The van der Waals surface area contributed by atoms with Gasteiger partial charge in [-0.25, -0.2) is 8.42 Å². The van der Waals surface area contributed by atoms with Gasteiger partial charge in [-0.1, -0.05) is 36.5 Å². The lowest BCUT2D eigenvalue weighted by atomic mass is 10.2. The summed E-state index contributed by atoms with van der Waals surface area (Å²) in [6.07, 6.45) is 2.25. The van der Waals surface area contributed by atoms with Gasteiger partial charge in [0.1, 0.15) is 5.75 Å². The van der Waals surface area contributed by atoms with E-state index < -0.39 is 9.84 Å². The van der Waals surface area contributed by atoms with Crippen LogP contribution in [0, 0.1) is 0 Å². The van der Waals surface area contributed by atoms with Gasteiger partial charge >= 0.3 is 0 Å². The van der Waals surface area contributed by atoms with Crippen LogP contribution in [0.15, 0.2) is 18.2 Å². The molecule has 8 heteroatoms. The molecule has 2 rings (SSSR count). The second-order valence-corrected chi connectivity index (χ2v) is 8.91. The summed E-state index contributed by atoms with van der Waals surface area (Å²) in [4.78, 5) is 14.2. The van der Waals surface area contributed by atoms with E-state index in [4.69, 9.17) is 27.9 Å². The van der Waals surface area contributed by atoms with Crippen LogP contribution in [0.2, 0.25) is 10.0 Å². The molecule has 0 aromatic heterocycles. The lowest BCUT2D eigenvalue weighted by molar-refractivity contribution is -0.135. The largest absolute Gasteiger partial charge is 0.484 e. The first-order valence-corrected chi connectivity index (χ1v) is 10.5. The zero-order chi connectivity index (χ0) is 17.7. The van der Waals surface area contributed by atoms with Gasteiger partial charge in [0.2, 0.25) is 0 Å². The molecule has 1 aliphatic rings. The molecule has 0 N–H and O–H groups in total. The summed E-state index contributed by atoms with van der Waals surface area (Å²) in [6, 6.07) is 4.53. The molecular weight excluding hydrogens is 373 g/mol. The van der Waals surface area contributed by atoms with Gasteiger partial charge in [-0.05, 0) is 25.0 Å². The molecule has 1 unspecified atom stereocenters. The zero-order valence-corrected chi connectivity index (χ0v) is 15.8. The van der Waals surface area contributed by atoms with Gasteiger partial charge in [0.15, 0.2) is 16.4 Å². The number of hydrogen-bond acceptors (Lipinski definition) is 4. The number of ether oxygens (including phenoxy) is 1. The number of hydrogen-bond donors (Lipinski definition) is 0. The van der Waals surface area contributed by atoms with E-state index in [0.29, 0.717) is 28.8 Å². The van der Waals surface area contributed by atoms with Crippen LogP contribution in [0.4, 0.5) is 0 Å². The fourth-order valence-corrected chi connectivity index (χ4v) is 4.67. The van der Waals surface area contributed by atoms with E-state index >= 15 is 0 Å². The molecule has 1 saturated heterocycles. The molecule has 0 bridgehead atoms. The number of rotatable bonds is 7. The summed E-state index contributed by atoms with van der Waals surface area (Å²) in [7, 11) is -3.04. The number of halogens is 2. The number of amides is 1. The predicted octanol–water partition coefficient (Wildman–Crippen LogP) is 3.19. The van der Waals surface area contributed by atoms with E-state index in [2.05, 4.69) is 0 Å². The number of benzene rings is 1. The third-order valence-electron chi connectivity index (χ3n) is 3.98. The van der Waals surface area contributed by atoms with Gasteiger partial charge in [0.25, 0.3) is 5.91 Å². The maximum Gasteiger partial charge on any atom is 0.260 e. The van der Waals surface area contributed by atoms with Crippen molar-refractivity contribution in [2.24, 2.45) is 0 Å². The van der Waals surface area contributed by atoms with Crippen LogP contribution in [0.3, 0.4) is 0 Å². The van der Waals surface area contributed by atoms with Gasteiger partial charge in [-0.3, -0.25) is 4.79 Å². The highest BCUT2D eigenvalue weighted by Crippen LogP contribution is 2.26. The number of sulfone groups is 1. The third kappa shape index (κ3) is 5.26. The van der Waals surface area contributed by atoms with Crippen molar-refractivity contribution in [2.45, 2.75) is 32.2 Å². The Balaban J connectivity index is 2.00. The second-order valence-electron chi connectivity index (χ2n) is 5.86. The summed E-state index contributed by atoms with van der Waals surface area (Å²) in [6.45, 7) is 2.42. The Hall–Kier alpha value is -0.980. The Labute approximate surface area is 152 Å². The van der Waals surface area contributed by atoms with Crippen molar-refractivity contribution in [1.82, 2.24) is 4.90 Å². The molecule has 1 aliphatic heterocycles. The quantitative estimate of drug-likeness (QED) is 0.713. The highest BCUT2D eigenvalue weighted by atomic mass is 35.5. The summed E-state index contributed by atoms with van der Waals surface area (Å²) < 4.78 is 28.9. The van der Waals surface area contributed by atoms with Crippen molar-refractivity contribution in [3.8, 4) is 5.75 Å². The highest BCUT2D eigenvalue weighted by molar-refractivity contribution is 7.91. The van der Waals surface area contributed by atoms with Gasteiger partial charge in [0.05, 0.1) is 21.6 Å². The summed E-state index contributed by atoms with van der Waals surface area (Å²) in [5.74, 6) is 0.417. The number of carbonyl (C=O) groups excluding carboxylic acids is 1. The van der Waals surface area contributed by atoms with Gasteiger partial charge < -0.3 is 9.64 Å². The van der Waals surface area contributed by atoms with Crippen LogP contribution >= 0.6 is 23.2 Å². The Kier molecular flexibility index (Phi) is 6.78. The second kappa shape index (κ2) is 8.41. The fourth-order valence-electron chi connectivity index (χ4n) is 2.66. The monoisotopic (exact) mass is 393 g/mol. The maximum atomic E-state index is 12.5. The van der Waals surface area contributed by atoms with Gasteiger partial charge in [-0.15, -0.1) is 0 Å². The molecule has 1 aromatic carbocycles. The Morgan fingerprint density at radius 3 is 2.67 bits per heavy atom. The van der Waals surface area contributed by atoms with E-state index in [0.717, 1.165) is 12.8 Å². The number of carbonyl (C=O) groups is 1. The SMILES string of the molecule is CCCCN(C(=O)COc1ccc(Cl)c(Cl)c1)C1CCS(=O)(=O)C1. The first-order chi connectivity index (χ1) is 11.3. The standard InChI is InChI=1S/C16H21Cl2NO4S/c1-2-3-7-19(12-6-8-24(21,22)11-12)16(20)10-23-13-4-5-14(17)15(18)9-13/h4-5,9,12H,2-3,6-8,10-11H2,1H3. The lowest BCUT2D eigenvalue weighted by Crippen LogP contribution is -2.44. The summed E-state index contributed by atoms with van der Waals surface area (Å²) in [5.41, 5.74) is 0. The zero-order valence-electron chi connectivity index (χ0n) is 13.5. The van der Waals surface area contributed by atoms with Crippen molar-refractivity contribution in [3.63, 3.8) is 0 Å². The molecule has 0 saturated carbocycles. The van der Waals surface area contributed by atoms with E-state index in [1.54, 1.807) is 23.1 Å². The maximum absolute atomic E-state index is 12.5. The molecule has 134 valence electrons. The molecule has 0 radical (unpaired) electrons. The van der Waals surface area contributed by atoms with Crippen LogP contribution in [0.5, 0.6) is 5.75 Å². The van der Waals surface area contributed by atoms with E-state index in [9.17, 15) is 13.2 Å². The average Bonchev–Trinajstić information content (AvgIpc) is 2.88. The molecule has 5 nitrogen and oxygen atoms in total. The highest BCUT2D eigenvalue weighted by Gasteiger charge is 2.34. The Morgan fingerprint density at radius 2 is 2.08 bits per heavy atom. The minimum Gasteiger partial charge on any atom is -0.484 e. The van der Waals surface area contributed by atoms with Crippen molar-refractivity contribution in [2.75, 3.05) is 24.7 Å². The van der Waals surface area contributed by atoms with Crippen molar-refractivity contribution in [1.29, 1.82) is 0 Å². The minimum absolute atomic E-state index is 0.0369. The normalized spacial score (nSPS) is 19.2. The van der Waals surface area contributed by atoms with Gasteiger partial charge in [0, 0.05) is 18.7 Å². The molecule has 0 aliphatic carbocycles. The van der Waals surface area contributed by atoms with Crippen molar-refractivity contribution in [3.05, 3.63) is 28.2 Å². The summed E-state index contributed by atoms with van der Waals surface area (Å²) >= 11 is 11.8. The first kappa shape index (κ1) is 19.3. The summed E-state index contributed by atoms with van der Waals surface area (Å²) in [5, 5.41) is 0.766. The molecule has 24 heavy (non-hydrogen) atoms. The fraction of sp³-hybridized carbons (Fsp3) is 0.562. The van der Waals surface area contributed by atoms with E-state index in [1.165, 1.54) is 0 Å². The first-order valence-electron chi connectivity index (χ1n) is 7.90. The average molecular weight is 394 g/mol. The molecule has 1 heterocycles. The molecule has 0 spiro atoms. The number of nitrogens with zero attached hydrogens (tertiary/aromatic N) is 1. The molecule has 1 aromatic rings. The van der Waals surface area contributed by atoms with Crippen LogP contribution in [0.25, 0.3) is 0 Å². The van der Waals surface area contributed by atoms with E-state index in [1.807, 2.05) is 6.92 Å². The van der Waals surface area contributed by atoms with Crippen LogP contribution in [-0.4, -0.2) is 49.9 Å². The molecule has 1 fully saturated rings. The van der Waals surface area contributed by atoms with Crippen molar-refractivity contribution >= 4 is 38.9 Å². The third-order valence-corrected chi connectivity index (χ3v) is 6.46. The van der Waals surface area contributed by atoms with Crippen molar-refractivity contribution < 1.29 is 17.9 Å². The smallest absolute Gasteiger partial charge is 0.260 e. The Bertz CT molecular complexity index is 693. The van der Waals surface area contributed by atoms with Crippen LogP contribution in [-0.2, 0) is 14.6 Å². The van der Waals surface area contributed by atoms with Gasteiger partial charge in [-0.2, -0.15) is 0 Å². The molecule has 1 amide bonds. The van der Waals surface area contributed by atoms with Crippen LogP contribution < -0.4 is 4.74 Å².